The Balaban J connectivity index is 1.81. The van der Waals surface area contributed by atoms with Crippen LogP contribution in [0.5, 0.6) is 0 Å². The smallest absolute Gasteiger partial charge is 0.410 e. The van der Waals surface area contributed by atoms with Crippen LogP contribution >= 0.6 is 0 Å². The van der Waals surface area contributed by atoms with E-state index in [1.165, 1.54) is 0 Å². The van der Waals surface area contributed by atoms with E-state index < -0.39 is 5.60 Å². The molecule has 0 saturated carbocycles. The zero-order valence-corrected chi connectivity index (χ0v) is 17.4. The van der Waals surface area contributed by atoms with Gasteiger partial charge in [-0.3, -0.25) is 9.59 Å². The molecule has 1 aromatic carbocycles. The summed E-state index contributed by atoms with van der Waals surface area (Å²) < 4.78 is 5.39. The van der Waals surface area contributed by atoms with E-state index in [0.29, 0.717) is 25.2 Å². The SMILES string of the molecule is CN(CC1CCCN(C(=O)CCC(=O)c2ccccc2)C1)C(=O)OC(C)(C)C. The van der Waals surface area contributed by atoms with Crippen molar-refractivity contribution in [1.82, 2.24) is 9.80 Å². The van der Waals surface area contributed by atoms with E-state index in [1.807, 2.05) is 43.9 Å². The molecule has 0 aromatic heterocycles. The molecule has 0 N–H and O–H groups in total. The molecule has 2 amide bonds. The fraction of sp³-hybridized carbons (Fsp3) is 0.591. The number of amides is 2. The fourth-order valence-electron chi connectivity index (χ4n) is 3.39. The molecule has 0 radical (unpaired) electrons. The van der Waals surface area contributed by atoms with E-state index in [2.05, 4.69) is 0 Å². The first-order valence-electron chi connectivity index (χ1n) is 9.96. The minimum Gasteiger partial charge on any atom is -0.444 e. The predicted molar refractivity (Wildman–Crippen MR) is 108 cm³/mol. The fourth-order valence-corrected chi connectivity index (χ4v) is 3.39. The number of Topliss-reactive ketones (excluding diaryl/α,β-unsaturated/α-hetero) is 1. The average molecular weight is 389 g/mol. The largest absolute Gasteiger partial charge is 0.444 e. The minimum atomic E-state index is -0.523. The van der Waals surface area contributed by atoms with Gasteiger partial charge in [0.25, 0.3) is 0 Å². The first kappa shape index (κ1) is 21.9. The minimum absolute atomic E-state index is 0.00725. The summed E-state index contributed by atoms with van der Waals surface area (Å²) in [6.45, 7) is 7.42. The summed E-state index contributed by atoms with van der Waals surface area (Å²) in [5, 5.41) is 0. The van der Waals surface area contributed by atoms with E-state index in [0.717, 1.165) is 12.8 Å². The molecule has 1 aliphatic rings. The van der Waals surface area contributed by atoms with Gasteiger partial charge in [-0.05, 0) is 39.5 Å². The number of hydrogen-bond donors (Lipinski definition) is 0. The highest BCUT2D eigenvalue weighted by Crippen LogP contribution is 2.20. The molecule has 1 unspecified atom stereocenters. The van der Waals surface area contributed by atoms with Gasteiger partial charge in [0.1, 0.15) is 5.60 Å². The quantitative estimate of drug-likeness (QED) is 0.696. The normalized spacial score (nSPS) is 17.1. The highest BCUT2D eigenvalue weighted by Gasteiger charge is 2.27. The third-order valence-corrected chi connectivity index (χ3v) is 4.77. The van der Waals surface area contributed by atoms with E-state index in [-0.39, 0.29) is 36.5 Å². The molecule has 1 heterocycles. The lowest BCUT2D eigenvalue weighted by molar-refractivity contribution is -0.133. The van der Waals surface area contributed by atoms with Crippen molar-refractivity contribution in [2.24, 2.45) is 5.92 Å². The number of rotatable bonds is 6. The van der Waals surface area contributed by atoms with Crippen molar-refractivity contribution in [2.75, 3.05) is 26.7 Å². The molecule has 1 fully saturated rings. The van der Waals surface area contributed by atoms with Crippen LogP contribution in [-0.2, 0) is 9.53 Å². The Bertz CT molecular complexity index is 682. The molecule has 0 bridgehead atoms. The third-order valence-electron chi connectivity index (χ3n) is 4.77. The molecule has 154 valence electrons. The molecule has 2 rings (SSSR count). The highest BCUT2D eigenvalue weighted by atomic mass is 16.6. The molecule has 0 aliphatic carbocycles. The van der Waals surface area contributed by atoms with Gasteiger partial charge in [-0.25, -0.2) is 4.79 Å². The summed E-state index contributed by atoms with van der Waals surface area (Å²) in [6.07, 6.45) is 1.99. The van der Waals surface area contributed by atoms with Gasteiger partial charge in [-0.1, -0.05) is 30.3 Å². The maximum absolute atomic E-state index is 12.6. The Kier molecular flexibility index (Phi) is 7.61. The number of likely N-dealkylation sites (tertiary alicyclic amines) is 1. The van der Waals surface area contributed by atoms with Gasteiger partial charge in [0.05, 0.1) is 0 Å². The van der Waals surface area contributed by atoms with Gasteiger partial charge < -0.3 is 14.5 Å². The van der Waals surface area contributed by atoms with Gasteiger partial charge in [-0.2, -0.15) is 0 Å². The molecule has 6 nitrogen and oxygen atoms in total. The summed E-state index contributed by atoms with van der Waals surface area (Å²) in [5.74, 6) is 0.223. The van der Waals surface area contributed by atoms with Crippen LogP contribution in [0.15, 0.2) is 30.3 Å². The van der Waals surface area contributed by atoms with Crippen molar-refractivity contribution < 1.29 is 19.1 Å². The van der Waals surface area contributed by atoms with Crippen LogP contribution < -0.4 is 0 Å². The number of carbonyl (C=O) groups is 3. The standard InChI is InChI=1S/C22H32N2O4/c1-22(2,3)28-21(27)23(4)15-17-9-8-14-24(16-17)20(26)13-12-19(25)18-10-6-5-7-11-18/h5-7,10-11,17H,8-9,12-16H2,1-4H3. The maximum atomic E-state index is 12.6. The van der Waals surface area contributed by atoms with Crippen molar-refractivity contribution in [3.63, 3.8) is 0 Å². The monoisotopic (exact) mass is 388 g/mol. The zero-order valence-electron chi connectivity index (χ0n) is 17.4. The van der Waals surface area contributed by atoms with E-state index >= 15 is 0 Å². The maximum Gasteiger partial charge on any atom is 0.410 e. The van der Waals surface area contributed by atoms with Gasteiger partial charge in [0.2, 0.25) is 5.91 Å². The molecule has 6 heteroatoms. The lowest BCUT2D eigenvalue weighted by Crippen LogP contribution is -2.45. The van der Waals surface area contributed by atoms with Crippen molar-refractivity contribution in [3.8, 4) is 0 Å². The number of hydrogen-bond acceptors (Lipinski definition) is 4. The number of piperidine rings is 1. The number of ketones is 1. The van der Waals surface area contributed by atoms with Gasteiger partial charge >= 0.3 is 6.09 Å². The second-order valence-corrected chi connectivity index (χ2v) is 8.50. The van der Waals surface area contributed by atoms with Crippen molar-refractivity contribution >= 4 is 17.8 Å². The molecule has 0 spiro atoms. The zero-order chi connectivity index (χ0) is 20.7. The Hall–Kier alpha value is -2.37. The molecule has 1 aliphatic heterocycles. The van der Waals surface area contributed by atoms with E-state index in [9.17, 15) is 14.4 Å². The van der Waals surface area contributed by atoms with Crippen LogP contribution in [0, 0.1) is 5.92 Å². The summed E-state index contributed by atoms with van der Waals surface area (Å²) in [5.41, 5.74) is 0.122. The molecule has 1 aromatic rings. The Labute approximate surface area is 167 Å². The van der Waals surface area contributed by atoms with Crippen molar-refractivity contribution in [2.45, 2.75) is 52.1 Å². The molecule has 28 heavy (non-hydrogen) atoms. The molecule has 1 saturated heterocycles. The second kappa shape index (κ2) is 9.71. The highest BCUT2D eigenvalue weighted by molar-refractivity contribution is 5.97. The van der Waals surface area contributed by atoms with Crippen molar-refractivity contribution in [3.05, 3.63) is 35.9 Å². The number of benzene rings is 1. The Morgan fingerprint density at radius 2 is 1.82 bits per heavy atom. The second-order valence-electron chi connectivity index (χ2n) is 8.50. The number of nitrogens with zero attached hydrogens (tertiary/aromatic N) is 2. The van der Waals surface area contributed by atoms with Crippen LogP contribution in [0.25, 0.3) is 0 Å². The summed E-state index contributed by atoms with van der Waals surface area (Å²) in [7, 11) is 1.73. The molecular formula is C22H32N2O4. The van der Waals surface area contributed by atoms with Crippen molar-refractivity contribution in [1.29, 1.82) is 0 Å². The summed E-state index contributed by atoms with van der Waals surface area (Å²) in [4.78, 5) is 40.3. The summed E-state index contributed by atoms with van der Waals surface area (Å²) >= 11 is 0. The van der Waals surface area contributed by atoms with Crippen LogP contribution in [0.3, 0.4) is 0 Å². The van der Waals surface area contributed by atoms with E-state index in [4.69, 9.17) is 4.74 Å². The van der Waals surface area contributed by atoms with Crippen LogP contribution in [-0.4, -0.2) is 59.9 Å². The molecular weight excluding hydrogens is 356 g/mol. The lowest BCUT2D eigenvalue weighted by atomic mass is 9.97. The third kappa shape index (κ3) is 6.98. The first-order valence-corrected chi connectivity index (χ1v) is 9.96. The van der Waals surface area contributed by atoms with Crippen LogP contribution in [0.4, 0.5) is 4.79 Å². The first-order chi connectivity index (χ1) is 13.2. The molecule has 1 atom stereocenters. The van der Waals surface area contributed by atoms with Gasteiger partial charge in [0.15, 0.2) is 5.78 Å². The van der Waals surface area contributed by atoms with Crippen LogP contribution in [0.1, 0.15) is 56.8 Å². The lowest BCUT2D eigenvalue weighted by Gasteiger charge is -2.35. The Morgan fingerprint density at radius 1 is 1.14 bits per heavy atom. The average Bonchev–Trinajstić information content (AvgIpc) is 2.65. The summed E-state index contributed by atoms with van der Waals surface area (Å²) in [6, 6.07) is 9.06. The predicted octanol–water partition coefficient (Wildman–Crippen LogP) is 3.76. The number of ether oxygens (including phenoxy) is 1. The topological polar surface area (TPSA) is 66.9 Å². The van der Waals surface area contributed by atoms with E-state index in [1.54, 1.807) is 24.1 Å². The van der Waals surface area contributed by atoms with Crippen LogP contribution in [0.2, 0.25) is 0 Å². The van der Waals surface area contributed by atoms with Gasteiger partial charge in [0, 0.05) is 45.1 Å². The number of carbonyl (C=O) groups excluding carboxylic acids is 3. The van der Waals surface area contributed by atoms with Gasteiger partial charge in [-0.15, -0.1) is 0 Å². The Morgan fingerprint density at radius 3 is 2.46 bits per heavy atom.